The predicted octanol–water partition coefficient (Wildman–Crippen LogP) is 4.27. The van der Waals surface area contributed by atoms with Crippen LogP contribution in [0.2, 0.25) is 0 Å². The lowest BCUT2D eigenvalue weighted by atomic mass is 9.98. The van der Waals surface area contributed by atoms with Crippen molar-refractivity contribution in [2.75, 3.05) is 17.9 Å². The first-order chi connectivity index (χ1) is 14.4. The highest BCUT2D eigenvalue weighted by Crippen LogP contribution is 2.20. The van der Waals surface area contributed by atoms with Crippen LogP contribution in [0.25, 0.3) is 0 Å². The van der Waals surface area contributed by atoms with Crippen LogP contribution in [0.1, 0.15) is 54.4 Å². The molecule has 0 aromatic heterocycles. The average molecular weight is 431 g/mol. The van der Waals surface area contributed by atoms with E-state index in [1.807, 2.05) is 19.1 Å². The number of hydrogen-bond acceptors (Lipinski definition) is 4. The molecule has 2 N–H and O–H groups in total. The van der Waals surface area contributed by atoms with Gasteiger partial charge >= 0.3 is 0 Å². The Hall–Kier alpha value is -2.38. The Morgan fingerprint density at radius 2 is 1.67 bits per heavy atom. The van der Waals surface area contributed by atoms with Gasteiger partial charge in [-0.3, -0.25) is 9.52 Å². The number of rotatable bonds is 9. The fourth-order valence-electron chi connectivity index (χ4n) is 3.48. The highest BCUT2D eigenvalue weighted by Gasteiger charge is 2.16. The second-order valence-electron chi connectivity index (χ2n) is 7.74. The van der Waals surface area contributed by atoms with Gasteiger partial charge in [-0.25, -0.2) is 8.42 Å². The summed E-state index contributed by atoms with van der Waals surface area (Å²) in [5, 5.41) is 2.86. The molecule has 1 aliphatic carbocycles. The van der Waals surface area contributed by atoms with Crippen molar-refractivity contribution in [2.45, 2.75) is 56.4 Å². The number of amides is 1. The fourth-order valence-corrected chi connectivity index (χ4v) is 4.54. The van der Waals surface area contributed by atoms with E-state index in [9.17, 15) is 13.2 Å². The normalized spacial score (nSPS) is 15.0. The molecule has 0 saturated heterocycles. The Bertz CT molecular complexity index is 919. The zero-order valence-corrected chi connectivity index (χ0v) is 18.2. The third-order valence-corrected chi connectivity index (χ3v) is 6.64. The maximum Gasteiger partial charge on any atom is 0.261 e. The molecule has 1 fully saturated rings. The first-order valence-electron chi connectivity index (χ1n) is 10.5. The molecule has 1 saturated carbocycles. The van der Waals surface area contributed by atoms with Gasteiger partial charge in [-0.1, -0.05) is 37.0 Å². The van der Waals surface area contributed by atoms with E-state index in [4.69, 9.17) is 4.74 Å². The summed E-state index contributed by atoms with van der Waals surface area (Å²) in [4.78, 5) is 12.4. The summed E-state index contributed by atoms with van der Waals surface area (Å²) in [7, 11) is -3.70. The van der Waals surface area contributed by atoms with Gasteiger partial charge in [0.25, 0.3) is 15.9 Å². The lowest BCUT2D eigenvalue weighted by Gasteiger charge is -2.21. The Morgan fingerprint density at radius 1 is 1.00 bits per heavy atom. The minimum Gasteiger partial charge on any atom is -0.378 e. The molecule has 1 aliphatic rings. The minimum atomic E-state index is -3.70. The van der Waals surface area contributed by atoms with E-state index in [-0.39, 0.29) is 10.8 Å². The van der Waals surface area contributed by atoms with Gasteiger partial charge < -0.3 is 10.1 Å². The third-order valence-electron chi connectivity index (χ3n) is 5.24. The molecule has 0 heterocycles. The third kappa shape index (κ3) is 6.57. The van der Waals surface area contributed by atoms with Gasteiger partial charge in [-0.2, -0.15) is 0 Å². The van der Waals surface area contributed by atoms with Crippen molar-refractivity contribution in [3.8, 4) is 0 Å². The number of nitrogens with one attached hydrogen (secondary N) is 2. The minimum absolute atomic E-state index is 0.112. The van der Waals surface area contributed by atoms with Gasteiger partial charge in [0.1, 0.15) is 0 Å². The summed E-state index contributed by atoms with van der Waals surface area (Å²) < 4.78 is 33.4. The molecule has 0 unspecified atom stereocenters. The lowest BCUT2D eigenvalue weighted by Crippen LogP contribution is -2.26. The van der Waals surface area contributed by atoms with Crippen LogP contribution in [0.5, 0.6) is 0 Å². The van der Waals surface area contributed by atoms with Crippen LogP contribution in [0, 0.1) is 6.92 Å². The fraction of sp³-hybridized carbons (Fsp3) is 0.435. The molecule has 2 aromatic rings. The monoisotopic (exact) mass is 430 g/mol. The number of ether oxygens (including phenoxy) is 1. The second kappa shape index (κ2) is 10.6. The van der Waals surface area contributed by atoms with E-state index in [1.54, 1.807) is 12.1 Å². The number of sulfonamides is 1. The smallest absolute Gasteiger partial charge is 0.261 e. The van der Waals surface area contributed by atoms with Crippen molar-refractivity contribution >= 4 is 21.6 Å². The van der Waals surface area contributed by atoms with Crippen LogP contribution in [-0.4, -0.2) is 33.6 Å². The summed E-state index contributed by atoms with van der Waals surface area (Å²) in [6.45, 7) is 3.11. The summed E-state index contributed by atoms with van der Waals surface area (Å²) in [6.07, 6.45) is 7.20. The van der Waals surface area contributed by atoms with E-state index in [1.165, 1.54) is 43.5 Å². The molecule has 2 aromatic carbocycles. The van der Waals surface area contributed by atoms with E-state index in [2.05, 4.69) is 10.0 Å². The van der Waals surface area contributed by atoms with Crippen molar-refractivity contribution < 1.29 is 17.9 Å². The quantitative estimate of drug-likeness (QED) is 0.582. The van der Waals surface area contributed by atoms with Crippen molar-refractivity contribution in [1.29, 1.82) is 0 Å². The molecular formula is C23H30N2O4S. The predicted molar refractivity (Wildman–Crippen MR) is 118 cm³/mol. The topological polar surface area (TPSA) is 84.5 Å². The van der Waals surface area contributed by atoms with Crippen molar-refractivity contribution in [2.24, 2.45) is 0 Å². The number of hydrogen-bond donors (Lipinski definition) is 2. The Balaban J connectivity index is 1.45. The molecule has 3 rings (SSSR count). The van der Waals surface area contributed by atoms with Crippen molar-refractivity contribution in [3.05, 3.63) is 59.7 Å². The van der Waals surface area contributed by atoms with Gasteiger partial charge in [0.05, 0.1) is 11.0 Å². The van der Waals surface area contributed by atoms with Crippen LogP contribution in [0.3, 0.4) is 0 Å². The van der Waals surface area contributed by atoms with E-state index < -0.39 is 10.0 Å². The number of carbonyl (C=O) groups is 1. The summed E-state index contributed by atoms with van der Waals surface area (Å²) in [6, 6.07) is 13.0. The molecule has 0 bridgehead atoms. The molecule has 7 heteroatoms. The largest absolute Gasteiger partial charge is 0.378 e. The standard InChI is InChI=1S/C23H30N2O4S/c1-18-8-12-20(13-9-18)25-30(27,28)22-14-10-19(11-15-22)23(26)24-16-5-17-29-21-6-3-2-4-7-21/h8-15,21,25H,2-7,16-17H2,1H3,(H,24,26). The highest BCUT2D eigenvalue weighted by molar-refractivity contribution is 7.92. The summed E-state index contributed by atoms with van der Waals surface area (Å²) in [5.41, 5.74) is 1.98. The summed E-state index contributed by atoms with van der Waals surface area (Å²) >= 11 is 0. The Morgan fingerprint density at radius 3 is 2.33 bits per heavy atom. The number of carbonyl (C=O) groups excluding carboxylic acids is 1. The van der Waals surface area contributed by atoms with Crippen LogP contribution < -0.4 is 10.0 Å². The maximum atomic E-state index is 12.5. The van der Waals surface area contributed by atoms with Gasteiger partial charge in [-0.05, 0) is 62.6 Å². The molecular weight excluding hydrogens is 400 g/mol. The van der Waals surface area contributed by atoms with Crippen molar-refractivity contribution in [3.63, 3.8) is 0 Å². The van der Waals surface area contributed by atoms with Crippen LogP contribution in [0.4, 0.5) is 5.69 Å². The molecule has 6 nitrogen and oxygen atoms in total. The van der Waals surface area contributed by atoms with Gasteiger partial charge in [0.2, 0.25) is 0 Å². The maximum absolute atomic E-state index is 12.5. The molecule has 0 spiro atoms. The number of anilines is 1. The lowest BCUT2D eigenvalue weighted by molar-refractivity contribution is 0.0273. The summed E-state index contributed by atoms with van der Waals surface area (Å²) in [5.74, 6) is -0.219. The average Bonchev–Trinajstić information content (AvgIpc) is 2.76. The van der Waals surface area contributed by atoms with Crippen LogP contribution >= 0.6 is 0 Å². The molecule has 0 atom stereocenters. The van der Waals surface area contributed by atoms with E-state index >= 15 is 0 Å². The Kier molecular flexibility index (Phi) is 7.87. The first-order valence-corrected chi connectivity index (χ1v) is 12.0. The van der Waals surface area contributed by atoms with Gasteiger partial charge in [0.15, 0.2) is 0 Å². The molecule has 162 valence electrons. The van der Waals surface area contributed by atoms with Gasteiger partial charge in [-0.15, -0.1) is 0 Å². The Labute approximate surface area is 179 Å². The van der Waals surface area contributed by atoms with Crippen LogP contribution in [-0.2, 0) is 14.8 Å². The van der Waals surface area contributed by atoms with Crippen LogP contribution in [0.15, 0.2) is 53.4 Å². The van der Waals surface area contributed by atoms with Gasteiger partial charge in [0, 0.05) is 24.4 Å². The molecule has 30 heavy (non-hydrogen) atoms. The number of benzene rings is 2. The SMILES string of the molecule is Cc1ccc(NS(=O)(=O)c2ccc(C(=O)NCCCOC3CCCCC3)cc2)cc1. The van der Waals surface area contributed by atoms with E-state index in [0.717, 1.165) is 24.8 Å². The first kappa shape index (κ1) is 22.3. The second-order valence-corrected chi connectivity index (χ2v) is 9.42. The molecule has 0 aliphatic heterocycles. The highest BCUT2D eigenvalue weighted by atomic mass is 32.2. The zero-order valence-electron chi connectivity index (χ0n) is 17.4. The number of aryl methyl sites for hydroxylation is 1. The van der Waals surface area contributed by atoms with E-state index in [0.29, 0.717) is 30.5 Å². The molecule has 0 radical (unpaired) electrons. The zero-order chi connectivity index (χ0) is 21.4. The molecule has 1 amide bonds. The van der Waals surface area contributed by atoms with Crippen molar-refractivity contribution in [1.82, 2.24) is 5.32 Å².